The number of hydrogen-bond donors (Lipinski definition) is 1. The molecule has 0 aliphatic rings. The summed E-state index contributed by atoms with van der Waals surface area (Å²) in [4.78, 5) is 22.3. The fraction of sp³-hybridized carbons (Fsp3) is 0.143. The molecule has 0 saturated carbocycles. The number of carbonyl (C=O) groups excluding carboxylic acids is 1. The number of carboxylic acid groups (broad SMARTS) is 1. The van der Waals surface area contributed by atoms with Crippen LogP contribution in [-0.4, -0.2) is 24.2 Å². The van der Waals surface area contributed by atoms with Crippen molar-refractivity contribution in [2.24, 2.45) is 0 Å². The van der Waals surface area contributed by atoms with Gasteiger partial charge in [-0.1, -0.05) is 0 Å². The summed E-state index contributed by atoms with van der Waals surface area (Å²) >= 11 is 1.16. The van der Waals surface area contributed by atoms with Crippen molar-refractivity contribution in [3.05, 3.63) is 51.7 Å². The molecule has 0 atom stereocenters. The smallest absolute Gasteiger partial charge is 0.345 e. The van der Waals surface area contributed by atoms with Gasteiger partial charge < -0.3 is 14.6 Å². The number of aromatic carboxylic acids is 1. The second-order valence-corrected chi connectivity index (χ2v) is 4.84. The average Bonchev–Trinajstić information content (AvgIpc) is 2.94. The molecule has 2 rings (SSSR count). The van der Waals surface area contributed by atoms with Gasteiger partial charge in [0.1, 0.15) is 17.2 Å². The average molecular weight is 292 g/mol. The van der Waals surface area contributed by atoms with E-state index in [4.69, 9.17) is 9.84 Å². The Hall–Kier alpha value is -2.34. The number of carbonyl (C=O) groups is 2. The maximum Gasteiger partial charge on any atom is 0.345 e. The first kappa shape index (κ1) is 14.1. The fourth-order valence-corrected chi connectivity index (χ4v) is 2.27. The molecule has 0 radical (unpaired) electrons. The van der Waals surface area contributed by atoms with E-state index in [0.717, 1.165) is 16.9 Å². The van der Waals surface area contributed by atoms with Gasteiger partial charge in [0.2, 0.25) is 0 Å². The van der Waals surface area contributed by atoms with Gasteiger partial charge in [0.15, 0.2) is 0 Å². The Bertz CT molecular complexity index is 615. The van der Waals surface area contributed by atoms with Gasteiger partial charge in [-0.05, 0) is 35.7 Å². The van der Waals surface area contributed by atoms with Gasteiger partial charge in [-0.25, -0.2) is 9.59 Å². The molecule has 0 bridgehead atoms. The number of methoxy groups -OCH3 is 1. The molecule has 1 aromatic carbocycles. The lowest BCUT2D eigenvalue weighted by Crippen LogP contribution is -2.01. The molecule has 20 heavy (non-hydrogen) atoms. The highest BCUT2D eigenvalue weighted by atomic mass is 32.1. The van der Waals surface area contributed by atoms with Crippen molar-refractivity contribution >= 4 is 23.3 Å². The Morgan fingerprint density at radius 3 is 2.50 bits per heavy atom. The molecule has 1 aromatic heterocycles. The van der Waals surface area contributed by atoms with Crippen LogP contribution in [0.5, 0.6) is 5.75 Å². The summed E-state index contributed by atoms with van der Waals surface area (Å²) < 4.78 is 10.1. The number of hydrogen-bond acceptors (Lipinski definition) is 5. The van der Waals surface area contributed by atoms with E-state index in [2.05, 4.69) is 4.74 Å². The Morgan fingerprint density at radius 2 is 1.95 bits per heavy atom. The lowest BCUT2D eigenvalue weighted by molar-refractivity contribution is 0.0600. The highest BCUT2D eigenvalue weighted by Crippen LogP contribution is 2.18. The van der Waals surface area contributed by atoms with Gasteiger partial charge in [-0.3, -0.25) is 0 Å². The van der Waals surface area contributed by atoms with Crippen LogP contribution in [0.25, 0.3) is 0 Å². The van der Waals surface area contributed by atoms with Crippen LogP contribution in [-0.2, 0) is 11.3 Å². The number of ether oxygens (including phenoxy) is 2. The Morgan fingerprint density at radius 1 is 1.25 bits per heavy atom. The van der Waals surface area contributed by atoms with Gasteiger partial charge >= 0.3 is 11.9 Å². The van der Waals surface area contributed by atoms with Crippen LogP contribution in [0.3, 0.4) is 0 Å². The van der Waals surface area contributed by atoms with Gasteiger partial charge in [-0.2, -0.15) is 0 Å². The minimum absolute atomic E-state index is 0.279. The van der Waals surface area contributed by atoms with E-state index in [1.807, 2.05) is 0 Å². The predicted molar refractivity (Wildman–Crippen MR) is 73.4 cm³/mol. The van der Waals surface area contributed by atoms with Crippen molar-refractivity contribution in [2.45, 2.75) is 6.61 Å². The molecule has 0 amide bonds. The van der Waals surface area contributed by atoms with E-state index < -0.39 is 11.9 Å². The zero-order valence-electron chi connectivity index (χ0n) is 10.7. The molecule has 0 unspecified atom stereocenters. The summed E-state index contributed by atoms with van der Waals surface area (Å²) in [6.07, 6.45) is 0. The predicted octanol–water partition coefficient (Wildman–Crippen LogP) is 2.81. The van der Waals surface area contributed by atoms with Gasteiger partial charge in [0.05, 0.1) is 12.7 Å². The van der Waals surface area contributed by atoms with Crippen molar-refractivity contribution in [1.29, 1.82) is 0 Å². The molecule has 0 spiro atoms. The molecule has 0 saturated heterocycles. The van der Waals surface area contributed by atoms with Crippen LogP contribution >= 0.6 is 11.3 Å². The molecule has 0 aliphatic carbocycles. The largest absolute Gasteiger partial charge is 0.489 e. The van der Waals surface area contributed by atoms with Gasteiger partial charge in [-0.15, -0.1) is 11.3 Å². The first-order valence-corrected chi connectivity index (χ1v) is 6.60. The molecule has 1 N–H and O–H groups in total. The summed E-state index contributed by atoms with van der Waals surface area (Å²) in [5.74, 6) is -0.745. The molecule has 0 fully saturated rings. The molecule has 104 valence electrons. The van der Waals surface area contributed by atoms with Crippen molar-refractivity contribution in [2.75, 3.05) is 7.11 Å². The summed E-state index contributed by atoms with van der Waals surface area (Å²) in [5.41, 5.74) is 1.24. The summed E-state index contributed by atoms with van der Waals surface area (Å²) in [5, 5.41) is 10.6. The van der Waals surface area contributed by atoms with E-state index in [-0.39, 0.29) is 11.5 Å². The van der Waals surface area contributed by atoms with Crippen molar-refractivity contribution < 1.29 is 24.2 Å². The molecule has 1 heterocycles. The number of thiophene rings is 1. The van der Waals surface area contributed by atoms with E-state index in [1.165, 1.54) is 7.11 Å². The third kappa shape index (κ3) is 3.36. The minimum atomic E-state index is -0.941. The van der Waals surface area contributed by atoms with E-state index in [1.54, 1.807) is 35.7 Å². The lowest BCUT2D eigenvalue weighted by Gasteiger charge is -2.05. The summed E-state index contributed by atoms with van der Waals surface area (Å²) in [6, 6.07) is 8.12. The van der Waals surface area contributed by atoms with Crippen LogP contribution in [0.4, 0.5) is 0 Å². The monoisotopic (exact) mass is 292 g/mol. The first-order valence-electron chi connectivity index (χ1n) is 5.72. The van der Waals surface area contributed by atoms with Crippen LogP contribution in [0.2, 0.25) is 0 Å². The van der Waals surface area contributed by atoms with Crippen molar-refractivity contribution in [3.63, 3.8) is 0 Å². The quantitative estimate of drug-likeness (QED) is 0.858. The third-order valence-electron chi connectivity index (χ3n) is 2.55. The minimum Gasteiger partial charge on any atom is -0.489 e. The number of esters is 1. The van der Waals surface area contributed by atoms with E-state index in [9.17, 15) is 9.59 Å². The third-order valence-corrected chi connectivity index (χ3v) is 3.51. The van der Waals surface area contributed by atoms with Crippen LogP contribution in [0.1, 0.15) is 25.6 Å². The highest BCUT2D eigenvalue weighted by Gasteiger charge is 2.08. The lowest BCUT2D eigenvalue weighted by atomic mass is 10.2. The van der Waals surface area contributed by atoms with Crippen LogP contribution in [0, 0.1) is 0 Å². The number of carboxylic acids is 1. The van der Waals surface area contributed by atoms with E-state index >= 15 is 0 Å². The standard InChI is InChI=1S/C14H12O5S/c1-18-14(17)10-2-4-11(5-3-10)19-7-9-6-12(13(15)16)20-8-9/h2-6,8H,7H2,1H3,(H,15,16). The second-order valence-electron chi connectivity index (χ2n) is 3.93. The molecular formula is C14H12O5S. The second kappa shape index (κ2) is 6.21. The maximum absolute atomic E-state index is 11.3. The zero-order valence-corrected chi connectivity index (χ0v) is 11.5. The number of benzene rings is 1. The normalized spacial score (nSPS) is 10.1. The number of rotatable bonds is 5. The SMILES string of the molecule is COC(=O)c1ccc(OCc2csc(C(=O)O)c2)cc1. The first-order chi connectivity index (χ1) is 9.60. The van der Waals surface area contributed by atoms with Crippen molar-refractivity contribution in [1.82, 2.24) is 0 Å². The molecule has 2 aromatic rings. The van der Waals surface area contributed by atoms with Gasteiger partial charge in [0, 0.05) is 5.56 Å². The van der Waals surface area contributed by atoms with Crippen molar-refractivity contribution in [3.8, 4) is 5.75 Å². The summed E-state index contributed by atoms with van der Waals surface area (Å²) in [6.45, 7) is 0.279. The maximum atomic E-state index is 11.3. The Balaban J connectivity index is 1.96. The van der Waals surface area contributed by atoms with Crippen LogP contribution < -0.4 is 4.74 Å². The van der Waals surface area contributed by atoms with Gasteiger partial charge in [0.25, 0.3) is 0 Å². The van der Waals surface area contributed by atoms with Crippen LogP contribution in [0.15, 0.2) is 35.7 Å². The molecule has 0 aliphatic heterocycles. The molecule has 5 nitrogen and oxygen atoms in total. The van der Waals surface area contributed by atoms with E-state index in [0.29, 0.717) is 11.3 Å². The highest BCUT2D eigenvalue weighted by molar-refractivity contribution is 7.12. The topological polar surface area (TPSA) is 72.8 Å². The fourth-order valence-electron chi connectivity index (χ4n) is 1.54. The summed E-state index contributed by atoms with van der Waals surface area (Å²) in [7, 11) is 1.32. The zero-order chi connectivity index (χ0) is 14.5. The Kier molecular flexibility index (Phi) is 4.37. The molecule has 6 heteroatoms. The molecular weight excluding hydrogens is 280 g/mol. The Labute approximate surface area is 119 Å².